The number of benzene rings is 2. The quantitative estimate of drug-likeness (QED) is 0.482. The van der Waals surface area contributed by atoms with Crippen molar-refractivity contribution in [2.75, 3.05) is 6.54 Å². The van der Waals surface area contributed by atoms with Gasteiger partial charge in [0.05, 0.1) is 6.04 Å². The molecule has 0 aliphatic carbocycles. The molecule has 0 spiro atoms. The lowest BCUT2D eigenvalue weighted by Crippen LogP contribution is -2.42. The van der Waals surface area contributed by atoms with Crippen LogP contribution in [-0.4, -0.2) is 24.6 Å². The number of ether oxygens (including phenoxy) is 1. The maximum Gasteiger partial charge on any atom is 0.407 e. The Bertz CT molecular complexity index is 786. The van der Waals surface area contributed by atoms with Crippen LogP contribution in [0.3, 0.4) is 0 Å². The summed E-state index contributed by atoms with van der Waals surface area (Å²) in [4.78, 5) is 23.5. The maximum absolute atomic E-state index is 11.8. The molecule has 0 heterocycles. The second-order valence-corrected chi connectivity index (χ2v) is 7.25. The Labute approximate surface area is 176 Å². The smallest absolute Gasteiger partial charge is 0.407 e. The standard InChI is InChI=1S/C22H28ClN3O3/c1-16(17-9-3-2-4-10-17)26-20(21(24)27)13-7-8-14-25-22(28)29-15-18-11-5-6-12-19(18)23/h2-6,9-12,16,20,26H,7-8,13-15H2,1H3,(H2,24,27)(H,25,28)/t16-,20-/m1/s1. The molecule has 6 nitrogen and oxygen atoms in total. The molecule has 0 saturated heterocycles. The van der Waals surface area contributed by atoms with E-state index in [4.69, 9.17) is 22.1 Å². The van der Waals surface area contributed by atoms with Crippen LogP contribution < -0.4 is 16.4 Å². The van der Waals surface area contributed by atoms with E-state index in [1.165, 1.54) is 0 Å². The van der Waals surface area contributed by atoms with Gasteiger partial charge in [0.2, 0.25) is 5.91 Å². The number of halogens is 1. The Balaban J connectivity index is 1.65. The molecule has 2 aromatic rings. The lowest BCUT2D eigenvalue weighted by Gasteiger charge is -2.21. The van der Waals surface area contributed by atoms with Crippen LogP contribution in [0.2, 0.25) is 5.02 Å². The predicted molar refractivity (Wildman–Crippen MR) is 114 cm³/mol. The van der Waals surface area contributed by atoms with Gasteiger partial charge in [0.25, 0.3) is 0 Å². The van der Waals surface area contributed by atoms with E-state index in [0.717, 1.165) is 17.5 Å². The first kappa shape index (κ1) is 22.7. The molecule has 0 aliphatic heterocycles. The van der Waals surface area contributed by atoms with Crippen LogP contribution in [0.25, 0.3) is 0 Å². The lowest BCUT2D eigenvalue weighted by molar-refractivity contribution is -0.120. The van der Waals surface area contributed by atoms with Gasteiger partial charge in [-0.3, -0.25) is 10.1 Å². The summed E-state index contributed by atoms with van der Waals surface area (Å²) in [6, 6.07) is 16.7. The molecule has 0 aromatic heterocycles. The van der Waals surface area contributed by atoms with Crippen molar-refractivity contribution in [3.8, 4) is 0 Å². The summed E-state index contributed by atoms with van der Waals surface area (Å²) in [5.74, 6) is -0.375. The fourth-order valence-corrected chi connectivity index (χ4v) is 3.11. The average molecular weight is 418 g/mol. The Morgan fingerprint density at radius 2 is 1.76 bits per heavy atom. The third kappa shape index (κ3) is 8.13. The minimum atomic E-state index is -0.493. The van der Waals surface area contributed by atoms with Gasteiger partial charge in [-0.15, -0.1) is 0 Å². The molecule has 7 heteroatoms. The van der Waals surface area contributed by atoms with Crippen molar-refractivity contribution in [3.05, 3.63) is 70.7 Å². The first-order valence-corrected chi connectivity index (χ1v) is 10.1. The second-order valence-electron chi connectivity index (χ2n) is 6.84. The van der Waals surface area contributed by atoms with Crippen molar-refractivity contribution in [1.29, 1.82) is 0 Å². The number of hydrogen-bond acceptors (Lipinski definition) is 4. The molecule has 2 aromatic carbocycles. The minimum absolute atomic E-state index is 0.0200. The van der Waals surface area contributed by atoms with Gasteiger partial charge >= 0.3 is 6.09 Å². The monoisotopic (exact) mass is 417 g/mol. The largest absolute Gasteiger partial charge is 0.445 e. The SMILES string of the molecule is C[C@@H](N[C@H](CCCCNC(=O)OCc1ccccc1Cl)C(N)=O)c1ccccc1. The van der Waals surface area contributed by atoms with Gasteiger partial charge in [0.15, 0.2) is 0 Å². The number of primary amides is 1. The van der Waals surface area contributed by atoms with E-state index >= 15 is 0 Å². The van der Waals surface area contributed by atoms with Crippen LogP contribution >= 0.6 is 11.6 Å². The molecule has 2 amide bonds. The highest BCUT2D eigenvalue weighted by Crippen LogP contribution is 2.16. The highest BCUT2D eigenvalue weighted by Gasteiger charge is 2.18. The fraction of sp³-hybridized carbons (Fsp3) is 0.364. The van der Waals surface area contributed by atoms with Crippen molar-refractivity contribution in [2.24, 2.45) is 5.73 Å². The summed E-state index contributed by atoms with van der Waals surface area (Å²) in [5.41, 5.74) is 7.39. The Hall–Kier alpha value is -2.57. The van der Waals surface area contributed by atoms with Gasteiger partial charge in [-0.2, -0.15) is 0 Å². The normalized spacial score (nSPS) is 12.8. The number of amides is 2. The van der Waals surface area contributed by atoms with Gasteiger partial charge in [0.1, 0.15) is 6.61 Å². The van der Waals surface area contributed by atoms with Crippen molar-refractivity contribution >= 4 is 23.6 Å². The van der Waals surface area contributed by atoms with Crippen LogP contribution in [-0.2, 0) is 16.1 Å². The zero-order chi connectivity index (χ0) is 21.1. The Morgan fingerprint density at radius 1 is 1.07 bits per heavy atom. The zero-order valence-corrected chi connectivity index (χ0v) is 17.3. The fourth-order valence-electron chi connectivity index (χ4n) is 2.92. The number of carbonyl (C=O) groups is 2. The number of rotatable bonds is 11. The molecule has 2 rings (SSSR count). The molecular formula is C22H28ClN3O3. The first-order chi connectivity index (χ1) is 14.0. The van der Waals surface area contributed by atoms with E-state index in [9.17, 15) is 9.59 Å². The summed E-state index contributed by atoms with van der Waals surface area (Å²) in [6.45, 7) is 2.58. The van der Waals surface area contributed by atoms with Crippen molar-refractivity contribution in [3.63, 3.8) is 0 Å². The van der Waals surface area contributed by atoms with Crippen molar-refractivity contribution < 1.29 is 14.3 Å². The van der Waals surface area contributed by atoms with Crippen LogP contribution in [0.1, 0.15) is 43.4 Å². The van der Waals surface area contributed by atoms with E-state index < -0.39 is 12.1 Å². The minimum Gasteiger partial charge on any atom is -0.445 e. The molecule has 2 atom stereocenters. The van der Waals surface area contributed by atoms with E-state index in [-0.39, 0.29) is 18.6 Å². The van der Waals surface area contributed by atoms with Crippen LogP contribution in [0.15, 0.2) is 54.6 Å². The van der Waals surface area contributed by atoms with Crippen molar-refractivity contribution in [1.82, 2.24) is 10.6 Å². The molecule has 0 radical (unpaired) electrons. The van der Waals surface area contributed by atoms with E-state index in [2.05, 4.69) is 10.6 Å². The van der Waals surface area contributed by atoms with Gasteiger partial charge < -0.3 is 15.8 Å². The summed E-state index contributed by atoms with van der Waals surface area (Å²) < 4.78 is 5.16. The second kappa shape index (κ2) is 12.1. The summed E-state index contributed by atoms with van der Waals surface area (Å²) in [6.07, 6.45) is 1.56. The predicted octanol–water partition coefficient (Wildman–Crippen LogP) is 3.94. The number of unbranched alkanes of at least 4 members (excludes halogenated alkanes) is 1. The summed E-state index contributed by atoms with van der Waals surface area (Å²) in [5, 5.41) is 6.54. The molecule has 0 fully saturated rings. The molecule has 156 valence electrons. The number of carbonyl (C=O) groups excluding carboxylic acids is 2. The topological polar surface area (TPSA) is 93.4 Å². The third-order valence-corrected chi connectivity index (χ3v) is 4.97. The van der Waals surface area contributed by atoms with Crippen LogP contribution in [0.5, 0.6) is 0 Å². The zero-order valence-electron chi connectivity index (χ0n) is 16.6. The molecule has 0 aliphatic rings. The first-order valence-electron chi connectivity index (χ1n) is 9.71. The molecule has 0 saturated carbocycles. The number of alkyl carbamates (subject to hydrolysis) is 1. The molecule has 0 bridgehead atoms. The maximum atomic E-state index is 11.8. The van der Waals surface area contributed by atoms with Gasteiger partial charge in [-0.1, -0.05) is 60.1 Å². The Kier molecular flexibility index (Phi) is 9.47. The van der Waals surface area contributed by atoms with E-state index in [1.54, 1.807) is 6.07 Å². The van der Waals surface area contributed by atoms with Gasteiger partial charge in [0, 0.05) is 23.2 Å². The number of nitrogens with one attached hydrogen (secondary N) is 2. The summed E-state index contributed by atoms with van der Waals surface area (Å²) >= 11 is 6.03. The van der Waals surface area contributed by atoms with E-state index in [0.29, 0.717) is 24.4 Å². The van der Waals surface area contributed by atoms with Crippen LogP contribution in [0, 0.1) is 0 Å². The van der Waals surface area contributed by atoms with Gasteiger partial charge in [-0.25, -0.2) is 4.79 Å². The molecule has 4 N–H and O–H groups in total. The molecule has 0 unspecified atom stereocenters. The van der Waals surface area contributed by atoms with Crippen molar-refractivity contribution in [2.45, 2.75) is 44.9 Å². The van der Waals surface area contributed by atoms with Crippen LogP contribution in [0.4, 0.5) is 4.79 Å². The molecular weight excluding hydrogens is 390 g/mol. The number of hydrogen-bond donors (Lipinski definition) is 3. The highest BCUT2D eigenvalue weighted by molar-refractivity contribution is 6.31. The molecule has 29 heavy (non-hydrogen) atoms. The van der Waals surface area contributed by atoms with Gasteiger partial charge in [-0.05, 0) is 37.8 Å². The Morgan fingerprint density at radius 3 is 2.45 bits per heavy atom. The van der Waals surface area contributed by atoms with E-state index in [1.807, 2.05) is 55.5 Å². The summed E-state index contributed by atoms with van der Waals surface area (Å²) in [7, 11) is 0. The highest BCUT2D eigenvalue weighted by atomic mass is 35.5. The number of nitrogens with two attached hydrogens (primary N) is 1. The third-order valence-electron chi connectivity index (χ3n) is 4.60. The average Bonchev–Trinajstić information content (AvgIpc) is 2.72. The lowest BCUT2D eigenvalue weighted by atomic mass is 10.0.